The van der Waals surface area contributed by atoms with Gasteiger partial charge < -0.3 is 33.4 Å². The van der Waals surface area contributed by atoms with E-state index in [2.05, 4.69) is 146 Å². The Morgan fingerprint density at radius 2 is 1.15 bits per heavy atom. The average molecular weight is 1320 g/mol. The molecule has 4 heterocycles. The lowest BCUT2D eigenvalue weighted by molar-refractivity contribution is -0.128. The lowest BCUT2D eigenvalue weighted by Crippen LogP contribution is -2.62. The van der Waals surface area contributed by atoms with E-state index in [-0.39, 0.29) is 73.5 Å². The maximum atomic E-state index is 16.5. The Hall–Kier alpha value is -5.78. The molecule has 2 N–H and O–H groups in total. The number of nitrogens with zero attached hydrogens (tertiary/aromatic N) is 5. The van der Waals surface area contributed by atoms with Gasteiger partial charge >= 0.3 is 6.09 Å². The summed E-state index contributed by atoms with van der Waals surface area (Å²) in [6.45, 7) is 50.9. The molecule has 0 aliphatic carbocycles. The van der Waals surface area contributed by atoms with Gasteiger partial charge in [-0.1, -0.05) is 184 Å². The molecule has 4 aromatic rings. The van der Waals surface area contributed by atoms with Crippen LogP contribution in [0.25, 0.3) is 0 Å². The third-order valence-electron chi connectivity index (χ3n) is 20.1. The summed E-state index contributed by atoms with van der Waals surface area (Å²) in [4.78, 5) is 77.8. The van der Waals surface area contributed by atoms with Gasteiger partial charge in [0.1, 0.15) is 41.3 Å². The highest BCUT2D eigenvalue weighted by Gasteiger charge is 2.57. The molecule has 6 atom stereocenters. The van der Waals surface area contributed by atoms with Gasteiger partial charge in [-0.2, -0.15) is 0 Å². The van der Waals surface area contributed by atoms with E-state index in [0.717, 1.165) is 10.5 Å². The van der Waals surface area contributed by atoms with Crippen LogP contribution in [0.3, 0.4) is 0 Å². The van der Waals surface area contributed by atoms with Gasteiger partial charge in [0.2, 0.25) is 36.8 Å². The molecule has 506 valence electrons. The van der Waals surface area contributed by atoms with E-state index in [1.54, 1.807) is 68.0 Å². The van der Waals surface area contributed by atoms with Crippen molar-refractivity contribution in [1.82, 2.24) is 30.1 Å². The topological polar surface area (TPSA) is 193 Å². The highest BCUT2D eigenvalue weighted by atomic mass is 28.4. The lowest BCUT2D eigenvalue weighted by Gasteiger charge is -2.52. The van der Waals surface area contributed by atoms with Crippen molar-refractivity contribution in [2.75, 3.05) is 18.5 Å². The molecule has 0 unspecified atom stereocenters. The zero-order valence-electron chi connectivity index (χ0n) is 59.7. The molecule has 1 fully saturated rings. The minimum absolute atomic E-state index is 0.135. The third-order valence-corrected chi connectivity index (χ3v) is 38.4. The van der Waals surface area contributed by atoms with Crippen molar-refractivity contribution >= 4 is 60.4 Å². The Morgan fingerprint density at radius 1 is 0.652 bits per heavy atom. The number of amides is 5. The van der Waals surface area contributed by atoms with Crippen LogP contribution in [0.15, 0.2) is 96.9 Å². The normalized spacial score (nSPS) is 19.3. The van der Waals surface area contributed by atoms with Crippen LogP contribution in [0.5, 0.6) is 0 Å². The minimum Gasteiger partial charge on any atom is -0.489 e. The van der Waals surface area contributed by atoms with E-state index in [1.165, 1.54) is 4.90 Å². The summed E-state index contributed by atoms with van der Waals surface area (Å²) in [6, 6.07) is 21.3. The summed E-state index contributed by atoms with van der Waals surface area (Å²) in [5.41, 5.74) is 2.35. The second-order valence-corrected chi connectivity index (χ2v) is 46.7. The van der Waals surface area contributed by atoms with Crippen LogP contribution in [-0.4, -0.2) is 129 Å². The second kappa shape index (κ2) is 29.5. The van der Waals surface area contributed by atoms with Crippen LogP contribution in [0.1, 0.15) is 216 Å². The number of carbonyl (C=O) groups is 5. The number of ether oxygens (including phenoxy) is 2. The SMILES string of the molecule is CC(C)[Si](OC[C@H]1OC([C@@H](c2ccc(NC(=O)[C@@H]3CCCN3C(=O)OC(C)(C)C)cc2)[C@@H](C(=O)NC(C)(C)c2cn(Cc3ccccc3)nn2)N2C(=O)c3ccccc3C2=O)=C[C@@H](O[Si](C(C)C)(C(C)C)C(C)C)[C@@H]1O[Si](C(C)C)(C(C)C)C(C)C)(C(C)C)C(C)C. The van der Waals surface area contributed by atoms with E-state index in [0.29, 0.717) is 48.6 Å². The summed E-state index contributed by atoms with van der Waals surface area (Å²) in [7, 11) is -8.34. The van der Waals surface area contributed by atoms with Crippen LogP contribution in [0, 0.1) is 0 Å². The zero-order valence-corrected chi connectivity index (χ0v) is 62.7. The first-order valence-corrected chi connectivity index (χ1v) is 40.4. The molecule has 3 aromatic carbocycles. The molecule has 1 aromatic heterocycles. The first-order chi connectivity index (χ1) is 43.0. The van der Waals surface area contributed by atoms with Crippen molar-refractivity contribution in [1.29, 1.82) is 0 Å². The molecule has 0 radical (unpaired) electrons. The molecule has 0 bridgehead atoms. The number of carbonyl (C=O) groups excluding carboxylic acids is 5. The summed E-state index contributed by atoms with van der Waals surface area (Å²) < 4.78 is 39.3. The van der Waals surface area contributed by atoms with E-state index in [1.807, 2.05) is 62.4 Å². The number of hydrogen-bond donors (Lipinski definition) is 2. The van der Waals surface area contributed by atoms with Crippen molar-refractivity contribution in [3.63, 3.8) is 0 Å². The first-order valence-electron chi connectivity index (χ1n) is 34.0. The molecule has 1 saturated heterocycles. The van der Waals surface area contributed by atoms with Crippen LogP contribution in [0.2, 0.25) is 49.9 Å². The number of rotatable bonds is 27. The van der Waals surface area contributed by atoms with Gasteiger partial charge in [-0.3, -0.25) is 29.0 Å². The van der Waals surface area contributed by atoms with Crippen molar-refractivity contribution < 1.29 is 46.7 Å². The molecule has 17 nitrogen and oxygen atoms in total. The molecule has 7 rings (SSSR count). The lowest BCUT2D eigenvalue weighted by atomic mass is 9.84. The van der Waals surface area contributed by atoms with E-state index < -0.39 is 96.2 Å². The largest absolute Gasteiger partial charge is 0.489 e. The molecule has 5 amide bonds. The molecule has 0 spiro atoms. The summed E-state index contributed by atoms with van der Waals surface area (Å²) in [5, 5.41) is 15.5. The van der Waals surface area contributed by atoms with Crippen molar-refractivity contribution in [3.8, 4) is 0 Å². The predicted octanol–water partition coefficient (Wildman–Crippen LogP) is 16.1. The van der Waals surface area contributed by atoms with E-state index in [9.17, 15) is 9.59 Å². The Kier molecular flexibility index (Phi) is 23.6. The molecule has 3 aliphatic heterocycles. The Balaban J connectivity index is 1.52. The Bertz CT molecular complexity index is 3130. The number of benzene rings is 3. The number of fused-ring (bicyclic) bond motifs is 1. The summed E-state index contributed by atoms with van der Waals surface area (Å²) in [5.74, 6) is -3.24. The number of imide groups is 1. The fraction of sp³-hybridized carbons (Fsp3) is 0.625. The molecular formula is C72H111N7O10Si3. The number of hydrogen-bond acceptors (Lipinski definition) is 12. The fourth-order valence-electron chi connectivity index (χ4n) is 16.2. The maximum absolute atomic E-state index is 16.5. The van der Waals surface area contributed by atoms with Gasteiger partial charge in [0.25, 0.3) is 11.8 Å². The van der Waals surface area contributed by atoms with Gasteiger partial charge in [-0.25, -0.2) is 9.48 Å². The van der Waals surface area contributed by atoms with Crippen molar-refractivity contribution in [2.24, 2.45) is 0 Å². The van der Waals surface area contributed by atoms with E-state index >= 15 is 14.4 Å². The van der Waals surface area contributed by atoms with Crippen LogP contribution < -0.4 is 10.6 Å². The smallest absolute Gasteiger partial charge is 0.410 e. The third kappa shape index (κ3) is 15.1. The number of anilines is 1. The molecule has 0 saturated carbocycles. The van der Waals surface area contributed by atoms with Crippen molar-refractivity contribution in [2.45, 2.75) is 276 Å². The average Bonchev–Trinajstić information content (AvgIpc) is 1.23. The maximum Gasteiger partial charge on any atom is 0.410 e. The molecule has 3 aliphatic rings. The van der Waals surface area contributed by atoms with Crippen LogP contribution >= 0.6 is 0 Å². The highest BCUT2D eigenvalue weighted by Crippen LogP contribution is 2.51. The monoisotopic (exact) mass is 1320 g/mol. The summed E-state index contributed by atoms with van der Waals surface area (Å²) >= 11 is 0. The summed E-state index contributed by atoms with van der Waals surface area (Å²) in [6.07, 6.45) is 2.03. The number of aromatic nitrogens is 3. The standard InChI is InChI=1S/C72H111N7O10Si3/c1-44(2)90(45(3)4,46(5)6)85-43-61-65(89-92(50(13)14,51(15)16)52(17)18)60(88-91(47(7)8,48(9)10)49(11)12)40-59(86-61)63(54-35-37-55(38-36-54)73-66(80)58-34-29-39-78(58)70(84)87-71(19,20)21)64(79-68(82)56-32-27-28-33-57(56)69(79)83)67(81)74-72(22,23)62-42-77(76-75-62)41-53-30-25-24-26-31-53/h24-28,30-33,35-38,40,42,44-52,58,60-61,63-65H,29,34,39,41,43H2,1-23H3,(H,73,80)(H,74,81)/t58-,60+,61+,63+,64-,65-/m0/s1. The van der Waals surface area contributed by atoms with Gasteiger partial charge in [-0.15, -0.1) is 5.10 Å². The minimum atomic E-state index is -2.87. The molecule has 92 heavy (non-hydrogen) atoms. The molecule has 20 heteroatoms. The fourth-order valence-corrected chi connectivity index (χ4v) is 32.7. The van der Waals surface area contributed by atoms with Gasteiger partial charge in [0.05, 0.1) is 48.0 Å². The highest BCUT2D eigenvalue weighted by molar-refractivity contribution is 6.78. The van der Waals surface area contributed by atoms with Gasteiger partial charge in [0, 0.05) is 12.2 Å². The number of nitrogens with one attached hydrogen (secondary N) is 2. The Labute approximate surface area is 553 Å². The van der Waals surface area contributed by atoms with Crippen LogP contribution in [0.4, 0.5) is 10.5 Å². The molecular weight excluding hydrogens is 1210 g/mol. The number of likely N-dealkylation sites (tertiary alicyclic amines) is 1. The second-order valence-electron chi connectivity index (χ2n) is 30.4. The first kappa shape index (κ1) is 73.6. The quantitative estimate of drug-likeness (QED) is 0.0425. The predicted molar refractivity (Wildman–Crippen MR) is 373 cm³/mol. The van der Waals surface area contributed by atoms with Gasteiger partial charge in [0.15, 0.2) is 0 Å². The van der Waals surface area contributed by atoms with Gasteiger partial charge in [-0.05, 0) is 139 Å². The van der Waals surface area contributed by atoms with Crippen LogP contribution in [-0.2, 0) is 44.4 Å². The van der Waals surface area contributed by atoms with E-state index in [4.69, 9.17) is 22.8 Å². The van der Waals surface area contributed by atoms with Crippen molar-refractivity contribution in [3.05, 3.63) is 125 Å². The Morgan fingerprint density at radius 3 is 1.65 bits per heavy atom. The zero-order chi connectivity index (χ0) is 68.3.